The van der Waals surface area contributed by atoms with Gasteiger partial charge in [-0.05, 0) is 99.5 Å². The average Bonchev–Trinajstić information content (AvgIpc) is 2.79. The van der Waals surface area contributed by atoms with Crippen molar-refractivity contribution in [1.82, 2.24) is 0 Å². The zero-order valence-electron chi connectivity index (χ0n) is 19.2. The van der Waals surface area contributed by atoms with Gasteiger partial charge in [0, 0.05) is 18.2 Å². The van der Waals surface area contributed by atoms with Gasteiger partial charge in [-0.1, -0.05) is 24.3 Å². The molecular formula is C28H34F2O2. The van der Waals surface area contributed by atoms with Crippen LogP contribution in [0.5, 0.6) is 5.75 Å². The third kappa shape index (κ3) is 5.23. The first-order valence-electron chi connectivity index (χ1n) is 12.0. The highest BCUT2D eigenvalue weighted by atomic mass is 19.1. The third-order valence-corrected chi connectivity index (χ3v) is 7.24. The van der Waals surface area contributed by atoms with Crippen molar-refractivity contribution in [1.29, 1.82) is 0 Å². The minimum atomic E-state index is -0.401. The summed E-state index contributed by atoms with van der Waals surface area (Å²) < 4.78 is 41.2. The molecule has 2 aromatic carbocycles. The van der Waals surface area contributed by atoms with E-state index < -0.39 is 5.82 Å². The number of allylic oxidation sites excluding steroid dienone is 1. The molecule has 0 heterocycles. The van der Waals surface area contributed by atoms with E-state index in [0.717, 1.165) is 44.3 Å². The number of benzene rings is 2. The smallest absolute Gasteiger partial charge is 0.134 e. The van der Waals surface area contributed by atoms with Crippen LogP contribution in [0.15, 0.2) is 48.6 Å². The van der Waals surface area contributed by atoms with Crippen LogP contribution in [0.25, 0.3) is 11.1 Å². The van der Waals surface area contributed by atoms with Gasteiger partial charge in [0.25, 0.3) is 0 Å². The maximum atomic E-state index is 15.1. The van der Waals surface area contributed by atoms with Crippen molar-refractivity contribution in [3.8, 4) is 16.9 Å². The lowest BCUT2D eigenvalue weighted by atomic mass is 9.65. The van der Waals surface area contributed by atoms with Gasteiger partial charge in [-0.15, -0.1) is 0 Å². The molecule has 4 rings (SSSR count). The number of rotatable bonds is 7. The van der Waals surface area contributed by atoms with E-state index in [-0.39, 0.29) is 11.7 Å². The van der Waals surface area contributed by atoms with Crippen molar-refractivity contribution in [3.05, 3.63) is 65.7 Å². The van der Waals surface area contributed by atoms with Crippen molar-refractivity contribution in [2.75, 3.05) is 13.2 Å². The highest BCUT2D eigenvalue weighted by Gasteiger charge is 2.36. The molecule has 0 bridgehead atoms. The highest BCUT2D eigenvalue weighted by Crippen LogP contribution is 2.47. The second-order valence-corrected chi connectivity index (χ2v) is 9.18. The minimum Gasteiger partial charge on any atom is -0.489 e. The zero-order chi connectivity index (χ0) is 22.5. The van der Waals surface area contributed by atoms with E-state index in [0.29, 0.717) is 41.4 Å². The Morgan fingerprint density at radius 3 is 2.50 bits per heavy atom. The van der Waals surface area contributed by atoms with E-state index in [1.54, 1.807) is 12.1 Å². The fourth-order valence-electron chi connectivity index (χ4n) is 5.60. The van der Waals surface area contributed by atoms with E-state index >= 15 is 4.39 Å². The zero-order valence-corrected chi connectivity index (χ0v) is 19.2. The summed E-state index contributed by atoms with van der Waals surface area (Å²) >= 11 is 0. The van der Waals surface area contributed by atoms with Gasteiger partial charge in [-0.2, -0.15) is 0 Å². The molecular weight excluding hydrogens is 406 g/mol. The first-order valence-corrected chi connectivity index (χ1v) is 12.0. The molecule has 2 nitrogen and oxygen atoms in total. The predicted molar refractivity (Wildman–Crippen MR) is 125 cm³/mol. The predicted octanol–water partition coefficient (Wildman–Crippen LogP) is 7.68. The maximum Gasteiger partial charge on any atom is 0.134 e. The third-order valence-electron chi connectivity index (χ3n) is 7.24. The van der Waals surface area contributed by atoms with Crippen molar-refractivity contribution >= 4 is 0 Å². The second kappa shape index (κ2) is 10.6. The lowest BCUT2D eigenvalue weighted by Crippen LogP contribution is -2.33. The molecule has 0 spiro atoms. The molecule has 2 aromatic rings. The van der Waals surface area contributed by atoms with Gasteiger partial charge in [-0.25, -0.2) is 8.78 Å². The van der Waals surface area contributed by atoms with Gasteiger partial charge < -0.3 is 9.47 Å². The summed E-state index contributed by atoms with van der Waals surface area (Å²) in [4.78, 5) is 0. The van der Waals surface area contributed by atoms with Crippen molar-refractivity contribution in [2.45, 2.75) is 64.4 Å². The Bertz CT molecular complexity index is 939. The molecule has 32 heavy (non-hydrogen) atoms. The molecule has 0 amide bonds. The number of hydrogen-bond donors (Lipinski definition) is 0. The van der Waals surface area contributed by atoms with Gasteiger partial charge >= 0.3 is 0 Å². The standard InChI is InChI=1S/C28H34F2O2/c1-3-5-14-32-24-11-13-26(28(30)18-24)22-9-12-25(27(29)17-22)21-7-6-20-16-23(31-4-2)10-8-19(20)15-21/h3,5,9,11-13,17-21,23H,4,6-8,10,14-16H2,1-2H3/b5-3+. The number of ether oxygens (including phenoxy) is 2. The van der Waals surface area contributed by atoms with Gasteiger partial charge in [0.05, 0.1) is 6.10 Å². The van der Waals surface area contributed by atoms with Crippen molar-refractivity contribution < 1.29 is 18.3 Å². The molecule has 0 radical (unpaired) electrons. The van der Waals surface area contributed by atoms with Crippen LogP contribution in [0, 0.1) is 23.5 Å². The fraction of sp³-hybridized carbons (Fsp3) is 0.500. The molecule has 4 unspecified atom stereocenters. The van der Waals surface area contributed by atoms with Crippen molar-refractivity contribution in [2.24, 2.45) is 11.8 Å². The van der Waals surface area contributed by atoms with Crippen LogP contribution in [0.2, 0.25) is 0 Å². The van der Waals surface area contributed by atoms with E-state index in [2.05, 4.69) is 6.92 Å². The SMILES string of the molecule is C/C=C/COc1ccc(-c2ccc(C3CCC4CC(OCC)CCC4C3)c(F)c2)c(F)c1. The van der Waals surface area contributed by atoms with Gasteiger partial charge in [0.15, 0.2) is 0 Å². The Labute approximate surface area is 190 Å². The van der Waals surface area contributed by atoms with Crippen LogP contribution in [-0.4, -0.2) is 19.3 Å². The number of halogens is 2. The van der Waals surface area contributed by atoms with Crippen LogP contribution in [0.3, 0.4) is 0 Å². The normalized spacial score (nSPS) is 25.6. The van der Waals surface area contributed by atoms with Crippen LogP contribution in [0.1, 0.15) is 63.9 Å². The molecule has 0 aromatic heterocycles. The lowest BCUT2D eigenvalue weighted by molar-refractivity contribution is -0.00968. The minimum absolute atomic E-state index is 0.221. The number of fused-ring (bicyclic) bond motifs is 1. The summed E-state index contributed by atoms with van der Waals surface area (Å²) in [5.41, 5.74) is 1.74. The summed E-state index contributed by atoms with van der Waals surface area (Å²) in [6.45, 7) is 5.15. The van der Waals surface area contributed by atoms with Crippen LogP contribution < -0.4 is 4.74 Å². The van der Waals surface area contributed by atoms with E-state index in [4.69, 9.17) is 9.47 Å². The molecule has 2 aliphatic carbocycles. The molecule has 2 fully saturated rings. The van der Waals surface area contributed by atoms with Gasteiger partial charge in [0.1, 0.15) is 24.0 Å². The maximum absolute atomic E-state index is 15.1. The Morgan fingerprint density at radius 1 is 0.938 bits per heavy atom. The summed E-state index contributed by atoms with van der Waals surface area (Å²) in [7, 11) is 0. The second-order valence-electron chi connectivity index (χ2n) is 9.18. The van der Waals surface area contributed by atoms with Crippen molar-refractivity contribution in [3.63, 3.8) is 0 Å². The monoisotopic (exact) mass is 440 g/mol. The summed E-state index contributed by atoms with van der Waals surface area (Å²) in [5.74, 6) is 1.47. The van der Waals surface area contributed by atoms with Gasteiger partial charge in [0.2, 0.25) is 0 Å². The highest BCUT2D eigenvalue weighted by molar-refractivity contribution is 5.65. The average molecular weight is 441 g/mol. The molecule has 0 aliphatic heterocycles. The Kier molecular flexibility index (Phi) is 7.62. The van der Waals surface area contributed by atoms with Crippen LogP contribution in [0.4, 0.5) is 8.78 Å². The molecule has 4 atom stereocenters. The first-order chi connectivity index (χ1) is 15.6. The van der Waals surface area contributed by atoms with Crippen LogP contribution >= 0.6 is 0 Å². The fourth-order valence-corrected chi connectivity index (χ4v) is 5.60. The topological polar surface area (TPSA) is 18.5 Å². The summed E-state index contributed by atoms with van der Waals surface area (Å²) in [5, 5.41) is 0. The molecule has 172 valence electrons. The van der Waals surface area contributed by atoms with E-state index in [1.807, 2.05) is 31.2 Å². The Balaban J connectivity index is 1.44. The Hall–Kier alpha value is -2.20. The van der Waals surface area contributed by atoms with E-state index in [1.165, 1.54) is 18.6 Å². The molecule has 4 heteroatoms. The quantitative estimate of drug-likeness (QED) is 0.411. The van der Waals surface area contributed by atoms with E-state index in [9.17, 15) is 4.39 Å². The number of hydrogen-bond acceptors (Lipinski definition) is 2. The lowest BCUT2D eigenvalue weighted by Gasteiger charge is -2.42. The molecule has 2 aliphatic rings. The summed E-state index contributed by atoms with van der Waals surface area (Å²) in [6.07, 6.45) is 10.8. The van der Waals surface area contributed by atoms with Gasteiger partial charge in [-0.3, -0.25) is 0 Å². The Morgan fingerprint density at radius 2 is 1.75 bits per heavy atom. The largest absolute Gasteiger partial charge is 0.489 e. The first kappa shape index (κ1) is 23.0. The molecule has 2 saturated carbocycles. The summed E-state index contributed by atoms with van der Waals surface area (Å²) in [6, 6.07) is 9.98. The molecule has 0 saturated heterocycles. The molecule has 0 N–H and O–H groups in total. The van der Waals surface area contributed by atoms with Crippen LogP contribution in [-0.2, 0) is 4.74 Å².